The lowest BCUT2D eigenvalue weighted by molar-refractivity contribution is 0.402. The molecule has 3 heteroatoms. The van der Waals surface area contributed by atoms with Crippen molar-refractivity contribution in [3.05, 3.63) is 29.3 Å². The zero-order chi connectivity index (χ0) is 10.9. The van der Waals surface area contributed by atoms with E-state index in [2.05, 4.69) is 0 Å². The van der Waals surface area contributed by atoms with Crippen LogP contribution in [0.5, 0.6) is 0 Å². The van der Waals surface area contributed by atoms with Crippen LogP contribution in [0.2, 0.25) is 0 Å². The van der Waals surface area contributed by atoms with Gasteiger partial charge in [-0.2, -0.15) is 0 Å². The summed E-state index contributed by atoms with van der Waals surface area (Å²) in [5.74, 6) is -1.19. The molecule has 0 amide bonds. The minimum absolute atomic E-state index is 0.0627. The summed E-state index contributed by atoms with van der Waals surface area (Å²) in [4.78, 5) is 0. The Balaban J connectivity index is 3.09. The summed E-state index contributed by atoms with van der Waals surface area (Å²) in [6, 6.07) is 2.03. The van der Waals surface area contributed by atoms with Crippen LogP contribution in [-0.4, -0.2) is 0 Å². The van der Waals surface area contributed by atoms with Gasteiger partial charge in [0.1, 0.15) is 11.6 Å². The average molecular weight is 199 g/mol. The maximum atomic E-state index is 13.3. The van der Waals surface area contributed by atoms with Gasteiger partial charge in [-0.05, 0) is 17.9 Å². The lowest BCUT2D eigenvalue weighted by Crippen LogP contribution is -2.12. The smallest absolute Gasteiger partial charge is 0.131 e. The van der Waals surface area contributed by atoms with Crippen LogP contribution in [0.3, 0.4) is 0 Å². The molecule has 1 rings (SSSR count). The Morgan fingerprint density at radius 1 is 1.21 bits per heavy atom. The molecular weight excluding hydrogens is 184 g/mol. The molecule has 0 aliphatic carbocycles. The van der Waals surface area contributed by atoms with Crippen LogP contribution in [-0.2, 0) is 6.42 Å². The largest absolute Gasteiger partial charge is 0.398 e. The molecule has 0 unspecified atom stereocenters. The molecule has 0 bridgehead atoms. The highest BCUT2D eigenvalue weighted by Crippen LogP contribution is 2.27. The number of rotatable bonds is 1. The summed E-state index contributed by atoms with van der Waals surface area (Å²) in [5, 5.41) is 0. The van der Waals surface area contributed by atoms with E-state index in [9.17, 15) is 8.78 Å². The van der Waals surface area contributed by atoms with Crippen LogP contribution in [0.15, 0.2) is 12.1 Å². The molecule has 0 aliphatic heterocycles. The van der Waals surface area contributed by atoms with Crippen LogP contribution in [0.25, 0.3) is 0 Å². The first-order chi connectivity index (χ1) is 6.29. The highest BCUT2D eigenvalue weighted by molar-refractivity contribution is 5.48. The summed E-state index contributed by atoms with van der Waals surface area (Å²) in [7, 11) is 0. The fourth-order valence-electron chi connectivity index (χ4n) is 1.34. The van der Waals surface area contributed by atoms with E-state index in [-0.39, 0.29) is 11.1 Å². The fourth-order valence-corrected chi connectivity index (χ4v) is 1.34. The number of anilines is 1. The number of halogens is 2. The molecule has 0 radical (unpaired) electrons. The van der Waals surface area contributed by atoms with Crippen molar-refractivity contribution >= 4 is 5.69 Å². The van der Waals surface area contributed by atoms with Gasteiger partial charge < -0.3 is 5.73 Å². The van der Waals surface area contributed by atoms with Crippen LogP contribution >= 0.6 is 0 Å². The number of hydrogen-bond donors (Lipinski definition) is 1. The molecule has 0 saturated carbocycles. The van der Waals surface area contributed by atoms with Gasteiger partial charge in [-0.15, -0.1) is 0 Å². The third kappa shape index (κ3) is 2.69. The van der Waals surface area contributed by atoms with Gasteiger partial charge in [-0.25, -0.2) is 8.78 Å². The summed E-state index contributed by atoms with van der Waals surface area (Å²) in [5.41, 5.74) is 6.08. The number of nitrogens with two attached hydrogens (primary N) is 1. The van der Waals surface area contributed by atoms with Crippen molar-refractivity contribution < 1.29 is 8.78 Å². The zero-order valence-corrected chi connectivity index (χ0v) is 8.70. The summed E-state index contributed by atoms with van der Waals surface area (Å²) >= 11 is 0. The van der Waals surface area contributed by atoms with Gasteiger partial charge in [0.2, 0.25) is 0 Å². The lowest BCUT2D eigenvalue weighted by atomic mass is 9.87. The van der Waals surface area contributed by atoms with Crippen molar-refractivity contribution in [3.63, 3.8) is 0 Å². The summed E-state index contributed by atoms with van der Waals surface area (Å²) < 4.78 is 26.0. The zero-order valence-electron chi connectivity index (χ0n) is 8.70. The Hall–Kier alpha value is -1.12. The van der Waals surface area contributed by atoms with Crippen LogP contribution in [0.4, 0.5) is 14.5 Å². The highest BCUT2D eigenvalue weighted by Gasteiger charge is 2.17. The summed E-state index contributed by atoms with van der Waals surface area (Å²) in [6.45, 7) is 5.94. The Morgan fingerprint density at radius 3 is 2.21 bits per heavy atom. The van der Waals surface area contributed by atoms with Gasteiger partial charge in [-0.1, -0.05) is 20.8 Å². The SMILES string of the molecule is CC(C)(C)Cc1c(N)cc(F)cc1F. The number of benzene rings is 1. The second-order valence-corrected chi connectivity index (χ2v) is 4.69. The molecule has 0 spiro atoms. The monoisotopic (exact) mass is 199 g/mol. The molecule has 0 saturated heterocycles. The van der Waals surface area contributed by atoms with Crippen molar-refractivity contribution in [1.82, 2.24) is 0 Å². The molecule has 1 aromatic carbocycles. The fraction of sp³-hybridized carbons (Fsp3) is 0.455. The highest BCUT2D eigenvalue weighted by atomic mass is 19.1. The predicted molar refractivity (Wildman–Crippen MR) is 53.9 cm³/mol. The van der Waals surface area contributed by atoms with Gasteiger partial charge in [0, 0.05) is 17.3 Å². The van der Waals surface area contributed by atoms with E-state index in [0.29, 0.717) is 12.0 Å². The summed E-state index contributed by atoms with van der Waals surface area (Å²) in [6.07, 6.45) is 0.505. The Kier molecular flexibility index (Phi) is 2.79. The molecule has 1 nitrogen and oxygen atoms in total. The standard InChI is InChI=1S/C11H15F2N/c1-11(2,3)6-8-9(13)4-7(12)5-10(8)14/h4-5H,6,14H2,1-3H3. The third-order valence-electron chi connectivity index (χ3n) is 1.90. The van der Waals surface area contributed by atoms with Crippen molar-refractivity contribution in [1.29, 1.82) is 0 Å². The van der Waals surface area contributed by atoms with E-state index >= 15 is 0 Å². The van der Waals surface area contributed by atoms with E-state index < -0.39 is 11.6 Å². The van der Waals surface area contributed by atoms with Crippen LogP contribution < -0.4 is 5.73 Å². The molecule has 14 heavy (non-hydrogen) atoms. The first-order valence-electron chi connectivity index (χ1n) is 4.53. The van der Waals surface area contributed by atoms with Crippen molar-refractivity contribution in [3.8, 4) is 0 Å². The second-order valence-electron chi connectivity index (χ2n) is 4.69. The van der Waals surface area contributed by atoms with Gasteiger partial charge in [-0.3, -0.25) is 0 Å². The van der Waals surface area contributed by atoms with Crippen LogP contribution in [0.1, 0.15) is 26.3 Å². The topological polar surface area (TPSA) is 26.0 Å². The van der Waals surface area contributed by atoms with E-state index in [4.69, 9.17) is 5.73 Å². The minimum Gasteiger partial charge on any atom is -0.398 e. The Labute approximate surface area is 82.9 Å². The van der Waals surface area contributed by atoms with Crippen molar-refractivity contribution in [2.24, 2.45) is 5.41 Å². The Bertz CT molecular complexity index is 317. The minimum atomic E-state index is -0.627. The molecule has 0 aromatic heterocycles. The molecule has 0 atom stereocenters. The average Bonchev–Trinajstić information content (AvgIpc) is 1.95. The van der Waals surface area contributed by atoms with E-state index in [1.807, 2.05) is 20.8 Å². The van der Waals surface area contributed by atoms with E-state index in [1.54, 1.807) is 0 Å². The van der Waals surface area contributed by atoms with Gasteiger partial charge >= 0.3 is 0 Å². The molecular formula is C11H15F2N. The number of hydrogen-bond acceptors (Lipinski definition) is 1. The lowest BCUT2D eigenvalue weighted by Gasteiger charge is -2.19. The maximum Gasteiger partial charge on any atom is 0.131 e. The van der Waals surface area contributed by atoms with E-state index in [1.165, 1.54) is 0 Å². The molecule has 0 heterocycles. The van der Waals surface area contributed by atoms with E-state index in [0.717, 1.165) is 12.1 Å². The maximum absolute atomic E-state index is 13.3. The van der Waals surface area contributed by atoms with Crippen molar-refractivity contribution in [2.45, 2.75) is 27.2 Å². The Morgan fingerprint density at radius 2 is 1.79 bits per heavy atom. The molecule has 2 N–H and O–H groups in total. The predicted octanol–water partition coefficient (Wildman–Crippen LogP) is 3.14. The third-order valence-corrected chi connectivity index (χ3v) is 1.90. The van der Waals surface area contributed by atoms with Crippen LogP contribution in [0, 0.1) is 17.0 Å². The number of nitrogen functional groups attached to an aromatic ring is 1. The quantitative estimate of drug-likeness (QED) is 0.691. The molecule has 1 aromatic rings. The van der Waals surface area contributed by atoms with Gasteiger partial charge in [0.25, 0.3) is 0 Å². The molecule has 78 valence electrons. The van der Waals surface area contributed by atoms with Crippen molar-refractivity contribution in [2.75, 3.05) is 5.73 Å². The first kappa shape index (κ1) is 11.0. The molecule has 0 aliphatic rings. The normalized spacial score (nSPS) is 11.8. The molecule has 0 fully saturated rings. The first-order valence-corrected chi connectivity index (χ1v) is 4.53. The van der Waals surface area contributed by atoms with Gasteiger partial charge in [0.15, 0.2) is 0 Å². The second kappa shape index (κ2) is 3.56. The van der Waals surface area contributed by atoms with Gasteiger partial charge in [0.05, 0.1) is 0 Å².